The van der Waals surface area contributed by atoms with Gasteiger partial charge in [-0.3, -0.25) is 4.79 Å². The quantitative estimate of drug-likeness (QED) is 0.374. The minimum atomic E-state index is -0.991. The summed E-state index contributed by atoms with van der Waals surface area (Å²) in [6, 6.07) is 12.3. The van der Waals surface area contributed by atoms with Crippen molar-refractivity contribution in [2.45, 2.75) is 57.3 Å². The lowest BCUT2D eigenvalue weighted by molar-refractivity contribution is 0.0692. The van der Waals surface area contributed by atoms with Crippen LogP contribution in [0.15, 0.2) is 48.7 Å². The van der Waals surface area contributed by atoms with E-state index >= 15 is 4.39 Å². The number of carboxylic acids is 1. The maximum Gasteiger partial charge on any atom is 0.339 e. The van der Waals surface area contributed by atoms with Gasteiger partial charge in [-0.2, -0.15) is 5.10 Å². The number of halogens is 1. The van der Waals surface area contributed by atoms with Crippen molar-refractivity contribution in [2.24, 2.45) is 11.8 Å². The van der Waals surface area contributed by atoms with E-state index in [4.69, 9.17) is 0 Å². The molecular weight excluding hydrogens is 469 g/mol. The van der Waals surface area contributed by atoms with Crippen molar-refractivity contribution in [1.29, 1.82) is 0 Å². The SMILES string of the molecule is O=C(O)c1cnn(-c2cccc(-c3cccc(C(=O)N(CC4CCCC4)CC4CC4)c3F)c2)c1C1CC1. The van der Waals surface area contributed by atoms with Crippen molar-refractivity contribution in [1.82, 2.24) is 14.7 Å². The molecule has 2 aromatic carbocycles. The highest BCUT2D eigenvalue weighted by molar-refractivity contribution is 5.96. The van der Waals surface area contributed by atoms with Gasteiger partial charge >= 0.3 is 5.97 Å². The second kappa shape index (κ2) is 9.77. The molecule has 37 heavy (non-hydrogen) atoms. The second-order valence-corrected chi connectivity index (χ2v) is 11.0. The summed E-state index contributed by atoms with van der Waals surface area (Å²) in [5, 5.41) is 14.0. The zero-order chi connectivity index (χ0) is 25.5. The van der Waals surface area contributed by atoms with Crippen LogP contribution in [0.25, 0.3) is 16.8 Å². The molecule has 1 heterocycles. The Morgan fingerprint density at radius 1 is 0.946 bits per heavy atom. The minimum absolute atomic E-state index is 0.118. The summed E-state index contributed by atoms with van der Waals surface area (Å²) in [7, 11) is 0. The Hall–Kier alpha value is -3.48. The van der Waals surface area contributed by atoms with Crippen molar-refractivity contribution in [2.75, 3.05) is 13.1 Å². The maximum absolute atomic E-state index is 15.9. The summed E-state index contributed by atoms with van der Waals surface area (Å²) in [5.74, 6) is -0.494. The van der Waals surface area contributed by atoms with E-state index in [9.17, 15) is 14.7 Å². The number of hydrogen-bond acceptors (Lipinski definition) is 3. The van der Waals surface area contributed by atoms with E-state index in [1.165, 1.54) is 19.0 Å². The van der Waals surface area contributed by atoms with Crippen LogP contribution in [0.4, 0.5) is 4.39 Å². The van der Waals surface area contributed by atoms with Gasteiger partial charge in [-0.1, -0.05) is 37.1 Å². The molecule has 0 aliphatic heterocycles. The molecule has 0 saturated heterocycles. The molecule has 3 fully saturated rings. The van der Waals surface area contributed by atoms with Crippen LogP contribution in [0, 0.1) is 17.7 Å². The first-order chi connectivity index (χ1) is 18.0. The van der Waals surface area contributed by atoms with E-state index < -0.39 is 11.8 Å². The van der Waals surface area contributed by atoms with E-state index in [-0.39, 0.29) is 23.0 Å². The second-order valence-electron chi connectivity index (χ2n) is 11.0. The number of amides is 1. The average molecular weight is 502 g/mol. The zero-order valence-corrected chi connectivity index (χ0v) is 20.9. The maximum atomic E-state index is 15.9. The van der Waals surface area contributed by atoms with Crippen LogP contribution in [0.3, 0.4) is 0 Å². The molecule has 1 amide bonds. The molecule has 0 atom stereocenters. The monoisotopic (exact) mass is 501 g/mol. The fourth-order valence-corrected chi connectivity index (χ4v) is 5.73. The topological polar surface area (TPSA) is 75.4 Å². The molecule has 0 radical (unpaired) electrons. The molecule has 6 rings (SSSR count). The number of rotatable bonds is 9. The highest BCUT2D eigenvalue weighted by Crippen LogP contribution is 2.43. The Kier molecular flexibility index (Phi) is 6.31. The third kappa shape index (κ3) is 4.91. The van der Waals surface area contributed by atoms with Crippen LogP contribution < -0.4 is 0 Å². The smallest absolute Gasteiger partial charge is 0.339 e. The van der Waals surface area contributed by atoms with Crippen molar-refractivity contribution < 1.29 is 19.1 Å². The number of carbonyl (C=O) groups excluding carboxylic acids is 1. The molecule has 0 unspecified atom stereocenters. The minimum Gasteiger partial charge on any atom is -0.478 e. The summed E-state index contributed by atoms with van der Waals surface area (Å²) >= 11 is 0. The molecule has 192 valence electrons. The van der Waals surface area contributed by atoms with Crippen molar-refractivity contribution in [3.05, 3.63) is 71.3 Å². The van der Waals surface area contributed by atoms with Gasteiger partial charge < -0.3 is 10.0 Å². The van der Waals surface area contributed by atoms with Crippen molar-refractivity contribution in [3.8, 4) is 16.8 Å². The summed E-state index contributed by atoms with van der Waals surface area (Å²) in [5.41, 5.74) is 2.69. The first-order valence-corrected chi connectivity index (χ1v) is 13.5. The molecule has 7 heteroatoms. The third-order valence-corrected chi connectivity index (χ3v) is 8.05. The van der Waals surface area contributed by atoms with Gasteiger partial charge in [0.2, 0.25) is 0 Å². The first-order valence-electron chi connectivity index (χ1n) is 13.5. The van der Waals surface area contributed by atoms with Gasteiger partial charge in [-0.05, 0) is 74.1 Å². The van der Waals surface area contributed by atoms with Crippen molar-refractivity contribution in [3.63, 3.8) is 0 Å². The Morgan fingerprint density at radius 3 is 2.32 bits per heavy atom. The third-order valence-electron chi connectivity index (χ3n) is 8.05. The number of aromatic nitrogens is 2. The van der Waals surface area contributed by atoms with Crippen LogP contribution in [0.2, 0.25) is 0 Å². The Bertz CT molecular complexity index is 1340. The zero-order valence-electron chi connectivity index (χ0n) is 20.9. The van der Waals surface area contributed by atoms with Gasteiger partial charge in [0.25, 0.3) is 5.91 Å². The van der Waals surface area contributed by atoms with E-state index in [0.717, 1.165) is 38.5 Å². The van der Waals surface area contributed by atoms with E-state index in [1.807, 2.05) is 29.2 Å². The normalized spacial score (nSPS) is 17.8. The molecule has 0 spiro atoms. The van der Waals surface area contributed by atoms with Gasteiger partial charge in [-0.15, -0.1) is 0 Å². The van der Waals surface area contributed by atoms with Gasteiger partial charge in [0, 0.05) is 24.6 Å². The lowest BCUT2D eigenvalue weighted by atomic mass is 10.00. The number of nitrogens with zero attached hydrogens (tertiary/aromatic N) is 3. The summed E-state index contributed by atoms with van der Waals surface area (Å²) in [4.78, 5) is 27.2. The molecule has 3 aromatic rings. The number of aromatic carboxylic acids is 1. The molecule has 3 aliphatic rings. The molecule has 1 aromatic heterocycles. The fraction of sp³-hybridized carbons (Fsp3) is 0.433. The largest absolute Gasteiger partial charge is 0.478 e. The fourth-order valence-electron chi connectivity index (χ4n) is 5.73. The number of carbonyl (C=O) groups is 2. The van der Waals surface area contributed by atoms with Gasteiger partial charge in [-0.25, -0.2) is 13.9 Å². The van der Waals surface area contributed by atoms with E-state index in [0.29, 0.717) is 47.4 Å². The standard InChI is InChI=1S/C30H32FN3O3/c31-27-24(9-4-10-25(27)29(35)33(18-20-11-12-20)17-19-5-1-2-6-19)22-7-3-8-23(15-22)34-28(21-13-14-21)26(16-32-34)30(36)37/h3-4,7-10,15-16,19-21H,1-2,5-6,11-14,17-18H2,(H,36,37). The van der Waals surface area contributed by atoms with Gasteiger partial charge in [0.05, 0.1) is 23.1 Å². The number of carboxylic acid groups (broad SMARTS) is 1. The summed E-state index contributed by atoms with van der Waals surface area (Å²) in [6.45, 7) is 1.42. The van der Waals surface area contributed by atoms with Gasteiger partial charge in [0.15, 0.2) is 0 Å². The molecule has 3 saturated carbocycles. The average Bonchev–Trinajstić information content (AvgIpc) is 3.81. The van der Waals surface area contributed by atoms with Crippen LogP contribution in [-0.4, -0.2) is 44.8 Å². The molecular formula is C30H32FN3O3. The molecule has 0 bridgehead atoms. The lowest BCUT2D eigenvalue weighted by Crippen LogP contribution is -2.37. The highest BCUT2D eigenvalue weighted by Gasteiger charge is 2.33. The van der Waals surface area contributed by atoms with E-state index in [1.54, 1.807) is 22.9 Å². The van der Waals surface area contributed by atoms with Crippen molar-refractivity contribution >= 4 is 11.9 Å². The van der Waals surface area contributed by atoms with Gasteiger partial charge in [0.1, 0.15) is 11.4 Å². The molecule has 6 nitrogen and oxygen atoms in total. The van der Waals surface area contributed by atoms with E-state index in [2.05, 4.69) is 5.10 Å². The predicted molar refractivity (Wildman–Crippen MR) is 138 cm³/mol. The Labute approximate surface area is 216 Å². The highest BCUT2D eigenvalue weighted by atomic mass is 19.1. The summed E-state index contributed by atoms with van der Waals surface area (Å²) < 4.78 is 17.6. The van der Waals surface area contributed by atoms with Crippen LogP contribution in [-0.2, 0) is 0 Å². The lowest BCUT2D eigenvalue weighted by Gasteiger charge is -2.26. The first kappa shape index (κ1) is 23.9. The Morgan fingerprint density at radius 2 is 1.65 bits per heavy atom. The number of hydrogen-bond donors (Lipinski definition) is 1. The molecule has 1 N–H and O–H groups in total. The predicted octanol–water partition coefficient (Wildman–Crippen LogP) is 6.30. The molecule has 3 aliphatic carbocycles. The summed E-state index contributed by atoms with van der Waals surface area (Å²) in [6.07, 6.45) is 10.2. The Balaban J connectivity index is 1.32. The van der Waals surface area contributed by atoms with Crippen LogP contribution in [0.1, 0.15) is 83.7 Å². The van der Waals surface area contributed by atoms with Crippen LogP contribution >= 0.6 is 0 Å². The van der Waals surface area contributed by atoms with Crippen LogP contribution in [0.5, 0.6) is 0 Å². The number of benzene rings is 2.